The zero-order chi connectivity index (χ0) is 22.2. The Kier molecular flexibility index (Phi) is 7.51. The SMILES string of the molecule is C[C@@H](NC(=O)c1ccc(N2CCC(NCCc3ccccn3)CC2)cc1)c1ccccc1. The highest BCUT2D eigenvalue weighted by atomic mass is 16.1. The molecule has 4 rings (SSSR count). The molecule has 32 heavy (non-hydrogen) atoms. The molecule has 0 radical (unpaired) electrons. The van der Waals surface area contributed by atoms with Crippen molar-refractivity contribution in [3.63, 3.8) is 0 Å². The molecule has 5 nitrogen and oxygen atoms in total. The van der Waals surface area contributed by atoms with Crippen molar-refractivity contribution in [1.29, 1.82) is 0 Å². The molecule has 5 heteroatoms. The number of benzene rings is 2. The summed E-state index contributed by atoms with van der Waals surface area (Å²) in [6.07, 6.45) is 5.07. The number of pyridine rings is 1. The zero-order valence-corrected chi connectivity index (χ0v) is 18.7. The Morgan fingerprint density at radius 2 is 1.72 bits per heavy atom. The first-order chi connectivity index (χ1) is 15.7. The largest absolute Gasteiger partial charge is 0.371 e. The molecule has 0 saturated carbocycles. The number of piperidine rings is 1. The van der Waals surface area contributed by atoms with E-state index in [1.54, 1.807) is 0 Å². The number of nitrogens with zero attached hydrogens (tertiary/aromatic N) is 2. The van der Waals surface area contributed by atoms with Crippen molar-refractivity contribution in [3.05, 3.63) is 95.8 Å². The summed E-state index contributed by atoms with van der Waals surface area (Å²) >= 11 is 0. The summed E-state index contributed by atoms with van der Waals surface area (Å²) in [6, 6.07) is 24.6. The van der Waals surface area contributed by atoms with Crippen molar-refractivity contribution in [2.75, 3.05) is 24.5 Å². The minimum Gasteiger partial charge on any atom is -0.371 e. The molecule has 2 N–H and O–H groups in total. The second kappa shape index (κ2) is 10.9. The average Bonchev–Trinajstić information content (AvgIpc) is 2.86. The van der Waals surface area contributed by atoms with Crippen molar-refractivity contribution in [3.8, 4) is 0 Å². The van der Waals surface area contributed by atoms with Crippen LogP contribution in [0.1, 0.15) is 47.4 Å². The number of aromatic nitrogens is 1. The van der Waals surface area contributed by atoms with E-state index in [9.17, 15) is 4.79 Å². The highest BCUT2D eigenvalue weighted by Crippen LogP contribution is 2.21. The van der Waals surface area contributed by atoms with E-state index >= 15 is 0 Å². The van der Waals surface area contributed by atoms with Crippen LogP contribution >= 0.6 is 0 Å². The Bertz CT molecular complexity index is 968. The van der Waals surface area contributed by atoms with Gasteiger partial charge in [0, 0.05) is 55.2 Å². The molecule has 1 amide bonds. The van der Waals surface area contributed by atoms with Crippen molar-refractivity contribution in [2.45, 2.75) is 38.3 Å². The molecule has 2 aromatic carbocycles. The summed E-state index contributed by atoms with van der Waals surface area (Å²) in [5.41, 5.74) is 4.13. The van der Waals surface area contributed by atoms with Crippen molar-refractivity contribution >= 4 is 11.6 Å². The topological polar surface area (TPSA) is 57.3 Å². The van der Waals surface area contributed by atoms with E-state index in [1.807, 2.05) is 67.7 Å². The Morgan fingerprint density at radius 3 is 2.41 bits per heavy atom. The summed E-state index contributed by atoms with van der Waals surface area (Å²) in [5.74, 6) is -0.0382. The maximum Gasteiger partial charge on any atom is 0.251 e. The van der Waals surface area contributed by atoms with Crippen molar-refractivity contribution < 1.29 is 4.79 Å². The molecule has 0 unspecified atom stereocenters. The first-order valence-electron chi connectivity index (χ1n) is 11.5. The number of rotatable bonds is 8. The second-order valence-corrected chi connectivity index (χ2v) is 8.44. The summed E-state index contributed by atoms with van der Waals surface area (Å²) in [6.45, 7) is 5.03. The van der Waals surface area contributed by atoms with Gasteiger partial charge < -0.3 is 15.5 Å². The van der Waals surface area contributed by atoms with Crippen LogP contribution in [0.25, 0.3) is 0 Å². The molecular weight excluding hydrogens is 396 g/mol. The normalized spacial score (nSPS) is 15.3. The third-order valence-corrected chi connectivity index (χ3v) is 6.18. The summed E-state index contributed by atoms with van der Waals surface area (Å²) in [7, 11) is 0. The van der Waals surface area contributed by atoms with Crippen LogP contribution in [-0.4, -0.2) is 36.6 Å². The molecule has 1 aromatic heterocycles. The average molecular weight is 429 g/mol. The molecule has 0 aliphatic carbocycles. The number of amides is 1. The van der Waals surface area contributed by atoms with Gasteiger partial charge in [-0.1, -0.05) is 36.4 Å². The standard InChI is InChI=1S/C27H32N4O/c1-21(22-7-3-2-4-8-22)30-27(32)23-10-12-26(13-11-23)31-19-15-25(16-20-31)29-18-14-24-9-5-6-17-28-24/h2-13,17,21,25,29H,14-16,18-20H2,1H3,(H,30,32)/t21-/m1/s1. The van der Waals surface area contributed by atoms with Gasteiger partial charge in [-0.25, -0.2) is 0 Å². The quantitative estimate of drug-likeness (QED) is 0.559. The lowest BCUT2D eigenvalue weighted by Gasteiger charge is -2.34. The van der Waals surface area contributed by atoms with Crippen molar-refractivity contribution in [2.24, 2.45) is 0 Å². The summed E-state index contributed by atoms with van der Waals surface area (Å²) in [4.78, 5) is 19.4. The molecular formula is C27H32N4O. The molecule has 3 aromatic rings. The number of hydrogen-bond acceptors (Lipinski definition) is 4. The molecule has 1 atom stereocenters. The first-order valence-corrected chi connectivity index (χ1v) is 11.5. The van der Waals surface area contributed by atoms with Gasteiger partial charge in [0.15, 0.2) is 0 Å². The van der Waals surface area contributed by atoms with Gasteiger partial charge >= 0.3 is 0 Å². The second-order valence-electron chi connectivity index (χ2n) is 8.44. The minimum atomic E-state index is -0.0382. The summed E-state index contributed by atoms with van der Waals surface area (Å²) < 4.78 is 0. The maximum atomic E-state index is 12.6. The molecule has 2 heterocycles. The van der Waals surface area contributed by atoms with E-state index in [-0.39, 0.29) is 11.9 Å². The van der Waals surface area contributed by atoms with Crippen LogP contribution < -0.4 is 15.5 Å². The summed E-state index contributed by atoms with van der Waals surface area (Å²) in [5, 5.41) is 6.76. The fourth-order valence-electron chi connectivity index (χ4n) is 4.22. The van der Waals surface area contributed by atoms with Gasteiger partial charge in [-0.3, -0.25) is 9.78 Å². The van der Waals surface area contributed by atoms with Crippen molar-refractivity contribution in [1.82, 2.24) is 15.6 Å². The fourth-order valence-corrected chi connectivity index (χ4v) is 4.22. The van der Waals surface area contributed by atoms with E-state index in [2.05, 4.69) is 38.7 Å². The zero-order valence-electron chi connectivity index (χ0n) is 18.7. The minimum absolute atomic E-state index is 0.0208. The van der Waals surface area contributed by atoms with Crippen LogP contribution in [0.4, 0.5) is 5.69 Å². The third kappa shape index (κ3) is 5.95. The molecule has 1 fully saturated rings. The van der Waals surface area contributed by atoms with Crippen LogP contribution in [0.15, 0.2) is 79.0 Å². The lowest BCUT2D eigenvalue weighted by molar-refractivity contribution is 0.0940. The van der Waals surface area contributed by atoms with E-state index < -0.39 is 0 Å². The van der Waals surface area contributed by atoms with Gasteiger partial charge in [-0.15, -0.1) is 0 Å². The van der Waals surface area contributed by atoms with E-state index in [0.29, 0.717) is 11.6 Å². The smallest absolute Gasteiger partial charge is 0.251 e. The number of hydrogen-bond donors (Lipinski definition) is 2. The van der Waals surface area contributed by atoms with Gasteiger partial charge in [0.05, 0.1) is 6.04 Å². The van der Waals surface area contributed by atoms with Gasteiger partial charge in [0.1, 0.15) is 0 Å². The monoisotopic (exact) mass is 428 g/mol. The van der Waals surface area contributed by atoms with E-state index in [0.717, 1.165) is 50.2 Å². The Labute approximate surface area is 190 Å². The number of anilines is 1. The van der Waals surface area contributed by atoms with E-state index in [1.165, 1.54) is 5.69 Å². The molecule has 166 valence electrons. The number of carbonyl (C=O) groups is 1. The lowest BCUT2D eigenvalue weighted by Crippen LogP contribution is -2.43. The number of nitrogens with one attached hydrogen (secondary N) is 2. The molecule has 0 bridgehead atoms. The van der Waals surface area contributed by atoms with Crippen LogP contribution in [0.3, 0.4) is 0 Å². The predicted molar refractivity (Wildman–Crippen MR) is 130 cm³/mol. The van der Waals surface area contributed by atoms with E-state index in [4.69, 9.17) is 0 Å². The predicted octanol–water partition coefficient (Wildman–Crippen LogP) is 4.37. The Hall–Kier alpha value is -3.18. The molecule has 0 spiro atoms. The van der Waals surface area contributed by atoms with Gasteiger partial charge in [0.25, 0.3) is 5.91 Å². The van der Waals surface area contributed by atoms with Crippen LogP contribution in [0.5, 0.6) is 0 Å². The maximum absolute atomic E-state index is 12.6. The third-order valence-electron chi connectivity index (χ3n) is 6.18. The first kappa shape index (κ1) is 22.0. The lowest BCUT2D eigenvalue weighted by atomic mass is 10.0. The number of carbonyl (C=O) groups excluding carboxylic acids is 1. The fraction of sp³-hybridized carbons (Fsp3) is 0.333. The highest BCUT2D eigenvalue weighted by molar-refractivity contribution is 5.94. The molecule has 1 aliphatic heterocycles. The van der Waals surface area contributed by atoms with Gasteiger partial charge in [0.2, 0.25) is 0 Å². The van der Waals surface area contributed by atoms with Crippen LogP contribution in [0, 0.1) is 0 Å². The van der Waals surface area contributed by atoms with Crippen LogP contribution in [-0.2, 0) is 6.42 Å². The Morgan fingerprint density at radius 1 is 1.00 bits per heavy atom. The van der Waals surface area contributed by atoms with Gasteiger partial charge in [-0.05, 0) is 61.7 Å². The molecule has 1 aliphatic rings. The van der Waals surface area contributed by atoms with Crippen LogP contribution in [0.2, 0.25) is 0 Å². The Balaban J connectivity index is 1.22. The highest BCUT2D eigenvalue weighted by Gasteiger charge is 2.19. The molecule has 1 saturated heterocycles. The van der Waals surface area contributed by atoms with Gasteiger partial charge in [-0.2, -0.15) is 0 Å².